The van der Waals surface area contributed by atoms with Crippen LogP contribution in [0.3, 0.4) is 0 Å². The van der Waals surface area contributed by atoms with Crippen LogP contribution in [0.5, 0.6) is 0 Å². The van der Waals surface area contributed by atoms with Crippen molar-refractivity contribution < 1.29 is 13.6 Å². The lowest BCUT2D eigenvalue weighted by atomic mass is 10.4. The topological polar surface area (TPSA) is 68.3 Å². The maximum absolute atomic E-state index is 11.7. The molecule has 90 valence electrons. The summed E-state index contributed by atoms with van der Waals surface area (Å²) in [7, 11) is 0. The standard InChI is InChI=1S/C12H8N2O3S/c15-11(10-4-2-6-17-10)14-12-13-8(7-18-12)9-3-1-5-16-9/h1-7H,(H,13,14,15). The molecule has 0 radical (unpaired) electrons. The first-order valence-electron chi connectivity index (χ1n) is 5.17. The fourth-order valence-electron chi connectivity index (χ4n) is 1.44. The Morgan fingerprint density at radius 2 is 2.06 bits per heavy atom. The van der Waals surface area contributed by atoms with E-state index in [2.05, 4.69) is 10.3 Å². The first-order valence-corrected chi connectivity index (χ1v) is 6.05. The van der Waals surface area contributed by atoms with Gasteiger partial charge in [-0.25, -0.2) is 4.98 Å². The number of anilines is 1. The zero-order chi connectivity index (χ0) is 12.4. The number of hydrogen-bond acceptors (Lipinski definition) is 5. The molecule has 1 amide bonds. The van der Waals surface area contributed by atoms with Gasteiger partial charge < -0.3 is 8.83 Å². The van der Waals surface area contributed by atoms with Gasteiger partial charge in [-0.3, -0.25) is 10.1 Å². The van der Waals surface area contributed by atoms with Gasteiger partial charge in [0.2, 0.25) is 0 Å². The molecule has 3 heterocycles. The van der Waals surface area contributed by atoms with Crippen LogP contribution in [0.4, 0.5) is 5.13 Å². The SMILES string of the molecule is O=C(Nc1nc(-c2ccco2)cs1)c1ccco1. The van der Waals surface area contributed by atoms with Gasteiger partial charge in [0.05, 0.1) is 12.5 Å². The van der Waals surface area contributed by atoms with E-state index in [4.69, 9.17) is 8.83 Å². The van der Waals surface area contributed by atoms with Crippen molar-refractivity contribution in [1.82, 2.24) is 4.98 Å². The summed E-state index contributed by atoms with van der Waals surface area (Å²) in [6, 6.07) is 6.85. The zero-order valence-corrected chi connectivity index (χ0v) is 9.94. The van der Waals surface area contributed by atoms with Gasteiger partial charge in [0.1, 0.15) is 5.69 Å². The molecular weight excluding hydrogens is 252 g/mol. The maximum atomic E-state index is 11.7. The molecule has 0 aromatic carbocycles. The van der Waals surface area contributed by atoms with Gasteiger partial charge in [0.15, 0.2) is 16.7 Å². The molecule has 3 aromatic heterocycles. The second kappa shape index (κ2) is 4.50. The summed E-state index contributed by atoms with van der Waals surface area (Å²) in [4.78, 5) is 16.0. The quantitative estimate of drug-likeness (QED) is 0.784. The molecule has 1 N–H and O–H groups in total. The second-order valence-corrected chi connectivity index (χ2v) is 4.30. The lowest BCUT2D eigenvalue weighted by molar-refractivity contribution is 0.0996. The van der Waals surface area contributed by atoms with Crippen LogP contribution in [0, 0.1) is 0 Å². The average Bonchev–Trinajstić information content (AvgIpc) is 3.12. The van der Waals surface area contributed by atoms with Crippen LogP contribution in [0.1, 0.15) is 10.6 Å². The lowest BCUT2D eigenvalue weighted by Gasteiger charge is -1.96. The van der Waals surface area contributed by atoms with Crippen LogP contribution in [0.15, 0.2) is 51.0 Å². The summed E-state index contributed by atoms with van der Waals surface area (Å²) in [5, 5.41) is 4.98. The van der Waals surface area contributed by atoms with E-state index in [-0.39, 0.29) is 11.7 Å². The minimum Gasteiger partial charge on any atom is -0.463 e. The van der Waals surface area contributed by atoms with Crippen LogP contribution >= 0.6 is 11.3 Å². The number of rotatable bonds is 3. The van der Waals surface area contributed by atoms with Crippen LogP contribution in [0.2, 0.25) is 0 Å². The van der Waals surface area contributed by atoms with Gasteiger partial charge in [-0.05, 0) is 24.3 Å². The van der Waals surface area contributed by atoms with E-state index < -0.39 is 0 Å². The van der Waals surface area contributed by atoms with Crippen molar-refractivity contribution in [3.05, 3.63) is 47.9 Å². The fraction of sp³-hybridized carbons (Fsp3) is 0. The molecular formula is C12H8N2O3S. The molecule has 0 fully saturated rings. The first-order chi connectivity index (χ1) is 8.83. The van der Waals surface area contributed by atoms with Crippen molar-refractivity contribution in [2.24, 2.45) is 0 Å². The Balaban J connectivity index is 1.76. The number of aromatic nitrogens is 1. The normalized spacial score (nSPS) is 10.4. The maximum Gasteiger partial charge on any atom is 0.293 e. The zero-order valence-electron chi connectivity index (χ0n) is 9.12. The Labute approximate surface area is 106 Å². The Bertz CT molecular complexity index is 641. The Kier molecular flexibility index (Phi) is 2.70. The third-order valence-electron chi connectivity index (χ3n) is 2.24. The molecule has 3 rings (SSSR count). The van der Waals surface area contributed by atoms with Crippen molar-refractivity contribution >= 4 is 22.4 Å². The van der Waals surface area contributed by atoms with Gasteiger partial charge in [-0.15, -0.1) is 11.3 Å². The molecule has 5 nitrogen and oxygen atoms in total. The van der Waals surface area contributed by atoms with E-state index in [1.807, 2.05) is 11.4 Å². The Hall–Kier alpha value is -2.34. The predicted octanol–water partition coefficient (Wildman–Crippen LogP) is 3.25. The first kappa shape index (κ1) is 10.8. The van der Waals surface area contributed by atoms with Crippen molar-refractivity contribution in [3.8, 4) is 11.5 Å². The molecule has 0 aliphatic rings. The van der Waals surface area contributed by atoms with E-state index in [0.29, 0.717) is 16.6 Å². The number of carbonyl (C=O) groups is 1. The van der Waals surface area contributed by atoms with Gasteiger partial charge in [-0.1, -0.05) is 0 Å². The highest BCUT2D eigenvalue weighted by Crippen LogP contribution is 2.25. The molecule has 0 bridgehead atoms. The van der Waals surface area contributed by atoms with Crippen molar-refractivity contribution in [3.63, 3.8) is 0 Å². The molecule has 3 aromatic rings. The molecule has 0 atom stereocenters. The third-order valence-corrected chi connectivity index (χ3v) is 3.00. The molecule has 18 heavy (non-hydrogen) atoms. The van der Waals surface area contributed by atoms with Gasteiger partial charge in [0, 0.05) is 5.38 Å². The Morgan fingerprint density at radius 3 is 2.78 bits per heavy atom. The van der Waals surface area contributed by atoms with Crippen LogP contribution in [-0.4, -0.2) is 10.9 Å². The number of hydrogen-bond donors (Lipinski definition) is 1. The van der Waals surface area contributed by atoms with Gasteiger partial charge >= 0.3 is 0 Å². The summed E-state index contributed by atoms with van der Waals surface area (Å²) in [5.74, 6) is 0.606. The Morgan fingerprint density at radius 1 is 1.22 bits per heavy atom. The predicted molar refractivity (Wildman–Crippen MR) is 66.5 cm³/mol. The van der Waals surface area contributed by atoms with E-state index in [1.54, 1.807) is 24.5 Å². The van der Waals surface area contributed by atoms with Crippen LogP contribution in [-0.2, 0) is 0 Å². The van der Waals surface area contributed by atoms with E-state index in [1.165, 1.54) is 17.6 Å². The smallest absolute Gasteiger partial charge is 0.293 e. The van der Waals surface area contributed by atoms with Crippen molar-refractivity contribution in [2.45, 2.75) is 0 Å². The summed E-state index contributed by atoms with van der Waals surface area (Å²) in [6.45, 7) is 0. The summed E-state index contributed by atoms with van der Waals surface area (Å²) in [5.41, 5.74) is 0.694. The van der Waals surface area contributed by atoms with Crippen molar-refractivity contribution in [2.75, 3.05) is 5.32 Å². The molecule has 0 spiro atoms. The van der Waals surface area contributed by atoms with E-state index >= 15 is 0 Å². The molecule has 0 unspecified atom stereocenters. The lowest BCUT2D eigenvalue weighted by Crippen LogP contribution is -2.10. The number of amides is 1. The number of furan rings is 2. The fourth-order valence-corrected chi connectivity index (χ4v) is 2.13. The highest BCUT2D eigenvalue weighted by Gasteiger charge is 2.12. The number of nitrogens with zero attached hydrogens (tertiary/aromatic N) is 1. The summed E-state index contributed by atoms with van der Waals surface area (Å²) < 4.78 is 10.2. The molecule has 0 saturated heterocycles. The average molecular weight is 260 g/mol. The highest BCUT2D eigenvalue weighted by atomic mass is 32.1. The number of thiazole rings is 1. The highest BCUT2D eigenvalue weighted by molar-refractivity contribution is 7.14. The van der Waals surface area contributed by atoms with Crippen molar-refractivity contribution in [1.29, 1.82) is 0 Å². The third kappa shape index (κ3) is 2.05. The number of carbonyl (C=O) groups excluding carboxylic acids is 1. The minimum atomic E-state index is -0.319. The van der Waals surface area contributed by atoms with Crippen LogP contribution in [0.25, 0.3) is 11.5 Å². The molecule has 6 heteroatoms. The minimum absolute atomic E-state index is 0.254. The summed E-state index contributed by atoms with van der Waals surface area (Å²) >= 11 is 1.33. The molecule has 0 aliphatic carbocycles. The summed E-state index contributed by atoms with van der Waals surface area (Å²) in [6.07, 6.45) is 3.03. The number of nitrogens with one attached hydrogen (secondary N) is 1. The van der Waals surface area contributed by atoms with Gasteiger partial charge in [-0.2, -0.15) is 0 Å². The monoisotopic (exact) mass is 260 g/mol. The van der Waals surface area contributed by atoms with E-state index in [9.17, 15) is 4.79 Å². The second-order valence-electron chi connectivity index (χ2n) is 3.45. The largest absolute Gasteiger partial charge is 0.463 e. The van der Waals surface area contributed by atoms with E-state index in [0.717, 1.165) is 0 Å². The molecule has 0 saturated carbocycles. The molecule has 0 aliphatic heterocycles. The van der Waals surface area contributed by atoms with Crippen LogP contribution < -0.4 is 5.32 Å². The van der Waals surface area contributed by atoms with Gasteiger partial charge in [0.25, 0.3) is 5.91 Å².